The van der Waals surface area contributed by atoms with Gasteiger partial charge in [-0.25, -0.2) is 4.98 Å². The first-order valence-corrected chi connectivity index (χ1v) is 7.79. The van der Waals surface area contributed by atoms with Gasteiger partial charge in [-0.1, -0.05) is 30.3 Å². The molecule has 25 heavy (non-hydrogen) atoms. The molecule has 1 aromatic heterocycles. The topological polar surface area (TPSA) is 90.0 Å². The lowest BCUT2D eigenvalue weighted by Crippen LogP contribution is -2.31. The van der Waals surface area contributed by atoms with Gasteiger partial charge in [0.25, 0.3) is 5.91 Å². The number of carbonyl (C=O) groups is 2. The SMILES string of the molecule is Cn1ccnc1[C@@H](NC(=O)c1ccc(C(N)=O)cc1)c1ccccc1. The Balaban J connectivity index is 1.89. The van der Waals surface area contributed by atoms with E-state index in [9.17, 15) is 9.59 Å². The monoisotopic (exact) mass is 334 g/mol. The molecule has 1 heterocycles. The van der Waals surface area contributed by atoms with Crippen LogP contribution in [0.5, 0.6) is 0 Å². The number of benzene rings is 2. The molecule has 3 rings (SSSR count). The van der Waals surface area contributed by atoms with Gasteiger partial charge in [-0.2, -0.15) is 0 Å². The number of rotatable bonds is 5. The summed E-state index contributed by atoms with van der Waals surface area (Å²) in [5.74, 6) is -0.0525. The third-order valence-corrected chi connectivity index (χ3v) is 3.96. The second-order valence-corrected chi connectivity index (χ2v) is 5.66. The van der Waals surface area contributed by atoms with Crippen LogP contribution in [0.1, 0.15) is 38.1 Å². The van der Waals surface area contributed by atoms with Gasteiger partial charge in [-0.15, -0.1) is 0 Å². The van der Waals surface area contributed by atoms with Crippen molar-refractivity contribution in [1.29, 1.82) is 0 Å². The average Bonchev–Trinajstić information content (AvgIpc) is 3.06. The number of imidazole rings is 1. The van der Waals surface area contributed by atoms with Crippen LogP contribution in [0.4, 0.5) is 0 Å². The molecule has 0 fully saturated rings. The summed E-state index contributed by atoms with van der Waals surface area (Å²) >= 11 is 0. The summed E-state index contributed by atoms with van der Waals surface area (Å²) in [6.45, 7) is 0. The second kappa shape index (κ2) is 7.00. The van der Waals surface area contributed by atoms with E-state index in [-0.39, 0.29) is 11.9 Å². The lowest BCUT2D eigenvalue weighted by molar-refractivity contribution is 0.0939. The first-order chi connectivity index (χ1) is 12.1. The maximum atomic E-state index is 12.7. The highest BCUT2D eigenvalue weighted by Gasteiger charge is 2.21. The lowest BCUT2D eigenvalue weighted by Gasteiger charge is -2.19. The Morgan fingerprint density at radius 1 is 1.04 bits per heavy atom. The van der Waals surface area contributed by atoms with Crippen LogP contribution in [0, 0.1) is 0 Å². The van der Waals surface area contributed by atoms with Gasteiger partial charge in [0.2, 0.25) is 5.91 Å². The van der Waals surface area contributed by atoms with E-state index in [4.69, 9.17) is 5.73 Å². The van der Waals surface area contributed by atoms with Crippen LogP contribution in [0.25, 0.3) is 0 Å². The molecule has 0 bridgehead atoms. The zero-order chi connectivity index (χ0) is 17.8. The molecular formula is C19H18N4O2. The Kier molecular flexibility index (Phi) is 4.61. The largest absolute Gasteiger partial charge is 0.366 e. The van der Waals surface area contributed by atoms with E-state index < -0.39 is 5.91 Å². The van der Waals surface area contributed by atoms with Gasteiger partial charge in [0.1, 0.15) is 11.9 Å². The van der Waals surface area contributed by atoms with Crippen molar-refractivity contribution in [2.75, 3.05) is 0 Å². The number of amides is 2. The first kappa shape index (κ1) is 16.4. The minimum Gasteiger partial charge on any atom is -0.366 e. The summed E-state index contributed by atoms with van der Waals surface area (Å²) in [6.07, 6.45) is 3.53. The summed E-state index contributed by atoms with van der Waals surface area (Å²) in [5, 5.41) is 3.00. The van der Waals surface area contributed by atoms with Crippen LogP contribution in [-0.4, -0.2) is 21.4 Å². The molecule has 6 heteroatoms. The van der Waals surface area contributed by atoms with Crippen molar-refractivity contribution in [2.24, 2.45) is 12.8 Å². The molecule has 2 amide bonds. The first-order valence-electron chi connectivity index (χ1n) is 7.79. The summed E-state index contributed by atoms with van der Waals surface area (Å²) in [6, 6.07) is 15.5. The van der Waals surface area contributed by atoms with Crippen molar-refractivity contribution in [3.05, 3.63) is 89.5 Å². The Hall–Kier alpha value is -3.41. The Labute approximate surface area is 145 Å². The second-order valence-electron chi connectivity index (χ2n) is 5.66. The third-order valence-electron chi connectivity index (χ3n) is 3.96. The van der Waals surface area contributed by atoms with Gasteiger partial charge in [0.05, 0.1) is 0 Å². The van der Waals surface area contributed by atoms with E-state index in [1.165, 1.54) is 12.1 Å². The van der Waals surface area contributed by atoms with Crippen molar-refractivity contribution < 1.29 is 9.59 Å². The number of nitrogens with one attached hydrogen (secondary N) is 1. The molecule has 0 spiro atoms. The molecule has 126 valence electrons. The Morgan fingerprint density at radius 3 is 2.24 bits per heavy atom. The number of hydrogen-bond donors (Lipinski definition) is 2. The van der Waals surface area contributed by atoms with E-state index in [0.717, 1.165) is 11.4 Å². The van der Waals surface area contributed by atoms with Crippen LogP contribution in [0.15, 0.2) is 67.0 Å². The van der Waals surface area contributed by atoms with E-state index in [1.54, 1.807) is 18.3 Å². The van der Waals surface area contributed by atoms with Gasteiger partial charge in [-0.3, -0.25) is 9.59 Å². The van der Waals surface area contributed by atoms with E-state index in [0.29, 0.717) is 11.1 Å². The normalized spacial score (nSPS) is 11.7. The molecule has 0 aliphatic heterocycles. The highest BCUT2D eigenvalue weighted by molar-refractivity contribution is 5.97. The number of aryl methyl sites for hydroxylation is 1. The van der Waals surface area contributed by atoms with Gasteiger partial charge < -0.3 is 15.6 Å². The molecule has 0 aliphatic rings. The molecule has 0 radical (unpaired) electrons. The maximum Gasteiger partial charge on any atom is 0.252 e. The number of nitrogens with two attached hydrogens (primary N) is 1. The van der Waals surface area contributed by atoms with Crippen molar-refractivity contribution in [3.63, 3.8) is 0 Å². The standard InChI is InChI=1S/C19H18N4O2/c1-23-12-11-21-18(23)16(13-5-3-2-4-6-13)22-19(25)15-9-7-14(8-10-15)17(20)24/h2-12,16H,1H3,(H2,20,24)(H,22,25)/t16-/m0/s1. The third kappa shape index (κ3) is 3.58. The molecule has 0 saturated carbocycles. The number of nitrogens with zero attached hydrogens (tertiary/aromatic N) is 2. The van der Waals surface area contributed by atoms with Gasteiger partial charge in [0.15, 0.2) is 0 Å². The lowest BCUT2D eigenvalue weighted by atomic mass is 10.0. The quantitative estimate of drug-likeness (QED) is 0.748. The molecule has 3 aromatic rings. The van der Waals surface area contributed by atoms with Crippen molar-refractivity contribution in [2.45, 2.75) is 6.04 Å². The Bertz CT molecular complexity index is 885. The molecule has 0 aliphatic carbocycles. The molecule has 6 nitrogen and oxygen atoms in total. The number of hydrogen-bond acceptors (Lipinski definition) is 3. The number of primary amides is 1. The fourth-order valence-electron chi connectivity index (χ4n) is 2.60. The predicted molar refractivity (Wildman–Crippen MR) is 93.9 cm³/mol. The summed E-state index contributed by atoms with van der Waals surface area (Å²) in [5.41, 5.74) is 6.96. The van der Waals surface area contributed by atoms with Crippen LogP contribution >= 0.6 is 0 Å². The molecule has 3 N–H and O–H groups in total. The maximum absolute atomic E-state index is 12.7. The van der Waals surface area contributed by atoms with Crippen molar-refractivity contribution in [1.82, 2.24) is 14.9 Å². The fourth-order valence-corrected chi connectivity index (χ4v) is 2.60. The molecule has 2 aromatic carbocycles. The van der Waals surface area contributed by atoms with Gasteiger partial charge in [-0.05, 0) is 29.8 Å². The summed E-state index contributed by atoms with van der Waals surface area (Å²) in [4.78, 5) is 28.2. The molecule has 1 atom stereocenters. The zero-order valence-corrected chi connectivity index (χ0v) is 13.7. The average molecular weight is 334 g/mol. The minimum atomic E-state index is -0.526. The highest BCUT2D eigenvalue weighted by atomic mass is 16.2. The van der Waals surface area contributed by atoms with Crippen LogP contribution in [0.3, 0.4) is 0 Å². The van der Waals surface area contributed by atoms with E-state index >= 15 is 0 Å². The van der Waals surface area contributed by atoms with Gasteiger partial charge >= 0.3 is 0 Å². The fraction of sp³-hybridized carbons (Fsp3) is 0.105. The van der Waals surface area contributed by atoms with Crippen LogP contribution in [0.2, 0.25) is 0 Å². The predicted octanol–water partition coefficient (Wildman–Crippen LogP) is 2.04. The number of carbonyl (C=O) groups excluding carboxylic acids is 2. The smallest absolute Gasteiger partial charge is 0.252 e. The van der Waals surface area contributed by atoms with Crippen LogP contribution in [-0.2, 0) is 7.05 Å². The van der Waals surface area contributed by atoms with Crippen molar-refractivity contribution in [3.8, 4) is 0 Å². The molecule has 0 saturated heterocycles. The van der Waals surface area contributed by atoms with Gasteiger partial charge in [0, 0.05) is 30.6 Å². The summed E-state index contributed by atoms with van der Waals surface area (Å²) in [7, 11) is 1.88. The zero-order valence-electron chi connectivity index (χ0n) is 13.7. The Morgan fingerprint density at radius 2 is 1.68 bits per heavy atom. The highest BCUT2D eigenvalue weighted by Crippen LogP contribution is 2.21. The molecular weight excluding hydrogens is 316 g/mol. The van der Waals surface area contributed by atoms with E-state index in [1.807, 2.05) is 48.1 Å². The summed E-state index contributed by atoms with van der Waals surface area (Å²) < 4.78 is 1.87. The molecule has 0 unspecified atom stereocenters. The number of aromatic nitrogens is 2. The van der Waals surface area contributed by atoms with E-state index in [2.05, 4.69) is 10.3 Å². The van der Waals surface area contributed by atoms with Crippen molar-refractivity contribution >= 4 is 11.8 Å². The van der Waals surface area contributed by atoms with Crippen LogP contribution < -0.4 is 11.1 Å². The minimum absolute atomic E-state index is 0.257.